The molecule has 2 saturated heterocycles. The molecule has 0 unspecified atom stereocenters. The number of likely N-dealkylation sites (tertiary alicyclic amines) is 2. The van der Waals surface area contributed by atoms with Crippen LogP contribution >= 0.6 is 0 Å². The molecule has 0 radical (unpaired) electrons. The molecule has 30 heavy (non-hydrogen) atoms. The smallest absolute Gasteiger partial charge is 0.408 e. The van der Waals surface area contributed by atoms with Crippen LogP contribution in [0.15, 0.2) is 24.3 Å². The lowest BCUT2D eigenvalue weighted by molar-refractivity contribution is -0.143. The second-order valence-corrected chi connectivity index (χ2v) is 8.87. The summed E-state index contributed by atoms with van der Waals surface area (Å²) in [7, 11) is 0. The number of amides is 2. The molecular weight excluding hydrogens is 393 g/mol. The van der Waals surface area contributed by atoms with Crippen LogP contribution in [0.4, 0.5) is 9.18 Å². The van der Waals surface area contributed by atoms with Crippen LogP contribution in [-0.2, 0) is 14.3 Å². The number of nitrogens with one attached hydrogen (secondary N) is 1. The van der Waals surface area contributed by atoms with Crippen molar-refractivity contribution in [3.05, 3.63) is 35.6 Å². The highest BCUT2D eigenvalue weighted by atomic mass is 19.1. The van der Waals surface area contributed by atoms with E-state index in [1.807, 2.05) is 6.92 Å². The van der Waals surface area contributed by atoms with Gasteiger partial charge in [-0.15, -0.1) is 0 Å². The van der Waals surface area contributed by atoms with Crippen LogP contribution in [-0.4, -0.2) is 69.7 Å². The number of hydrogen-bond acceptors (Lipinski definition) is 5. The molecule has 3 rings (SSSR count). The summed E-state index contributed by atoms with van der Waals surface area (Å²) < 4.78 is 18.3. The van der Waals surface area contributed by atoms with Crippen LogP contribution < -0.4 is 5.32 Å². The molecule has 164 valence electrons. The van der Waals surface area contributed by atoms with Gasteiger partial charge in [0.1, 0.15) is 17.5 Å². The molecule has 2 aliphatic rings. The predicted octanol–water partition coefficient (Wildman–Crippen LogP) is 2.15. The van der Waals surface area contributed by atoms with Gasteiger partial charge in [0.15, 0.2) is 0 Å². The second-order valence-electron chi connectivity index (χ2n) is 8.87. The van der Waals surface area contributed by atoms with E-state index >= 15 is 0 Å². The third-order valence-corrected chi connectivity index (χ3v) is 5.49. The number of rotatable bonds is 6. The molecule has 8 nitrogen and oxygen atoms in total. The SMILES string of the molecule is C[C@@H](c1ccc(F)cc1)N1C(=O)[C@@H]2C[C@H]1CN2C[C@H](NC(=O)OC(C)(C)C)C(=O)O. The number of alkyl carbamates (subject to hydrolysis) is 1. The summed E-state index contributed by atoms with van der Waals surface area (Å²) in [5, 5.41) is 11.9. The van der Waals surface area contributed by atoms with Crippen LogP contribution in [0.2, 0.25) is 0 Å². The van der Waals surface area contributed by atoms with E-state index in [4.69, 9.17) is 4.74 Å². The summed E-state index contributed by atoms with van der Waals surface area (Å²) in [6.45, 7) is 7.51. The van der Waals surface area contributed by atoms with Crippen molar-refractivity contribution in [2.75, 3.05) is 13.1 Å². The fourth-order valence-corrected chi connectivity index (χ4v) is 4.17. The fraction of sp³-hybridized carbons (Fsp3) is 0.571. The number of carboxylic acids is 1. The minimum Gasteiger partial charge on any atom is -0.480 e. The minimum absolute atomic E-state index is 0.0141. The Hall–Kier alpha value is -2.68. The largest absolute Gasteiger partial charge is 0.480 e. The molecule has 1 aromatic carbocycles. The Labute approximate surface area is 175 Å². The first-order chi connectivity index (χ1) is 14.0. The van der Waals surface area contributed by atoms with Gasteiger partial charge in [0, 0.05) is 19.1 Å². The molecule has 0 spiro atoms. The first-order valence-corrected chi connectivity index (χ1v) is 10.0. The molecule has 2 N–H and O–H groups in total. The van der Waals surface area contributed by atoms with Gasteiger partial charge in [-0.1, -0.05) is 12.1 Å². The van der Waals surface area contributed by atoms with Crippen molar-refractivity contribution < 1.29 is 28.6 Å². The van der Waals surface area contributed by atoms with Gasteiger partial charge in [0.05, 0.1) is 12.1 Å². The Morgan fingerprint density at radius 3 is 2.47 bits per heavy atom. The highest BCUT2D eigenvalue weighted by Crippen LogP contribution is 2.37. The molecule has 2 aliphatic heterocycles. The molecule has 2 amide bonds. The third-order valence-electron chi connectivity index (χ3n) is 5.49. The van der Waals surface area contributed by atoms with Crippen LogP contribution in [0.3, 0.4) is 0 Å². The quantitative estimate of drug-likeness (QED) is 0.730. The maximum Gasteiger partial charge on any atom is 0.408 e. The summed E-state index contributed by atoms with van der Waals surface area (Å²) in [4.78, 5) is 40.2. The van der Waals surface area contributed by atoms with Crippen LogP contribution in [0.25, 0.3) is 0 Å². The number of fused-ring (bicyclic) bond motifs is 2. The normalized spacial score (nSPS) is 23.4. The highest BCUT2D eigenvalue weighted by molar-refractivity contribution is 5.86. The molecule has 1 aromatic rings. The lowest BCUT2D eigenvalue weighted by Gasteiger charge is -2.38. The Kier molecular flexibility index (Phi) is 6.03. The van der Waals surface area contributed by atoms with Gasteiger partial charge in [0.25, 0.3) is 0 Å². The number of nitrogens with zero attached hydrogens (tertiary/aromatic N) is 2. The maximum absolute atomic E-state index is 13.2. The summed E-state index contributed by atoms with van der Waals surface area (Å²) in [6.07, 6.45) is -0.208. The number of carboxylic acid groups (broad SMARTS) is 1. The van der Waals surface area contributed by atoms with Gasteiger partial charge in [-0.25, -0.2) is 14.0 Å². The standard InChI is InChI=1S/C21H28FN3O5/c1-12(13-5-7-14(22)8-6-13)25-15-9-17(18(25)26)24(10-15)11-16(19(27)28)23-20(29)30-21(2,3)4/h5-8,12,15-17H,9-11H2,1-4H3,(H,23,29)(H,27,28)/t12-,15-,16-,17-/m0/s1. The van der Waals surface area contributed by atoms with Gasteiger partial charge in [-0.05, 0) is 51.8 Å². The monoisotopic (exact) mass is 421 g/mol. The Morgan fingerprint density at radius 1 is 1.30 bits per heavy atom. The molecule has 2 bridgehead atoms. The number of carbonyl (C=O) groups excluding carboxylic acids is 2. The fourth-order valence-electron chi connectivity index (χ4n) is 4.17. The van der Waals surface area contributed by atoms with E-state index in [1.54, 1.807) is 42.7 Å². The van der Waals surface area contributed by atoms with E-state index in [0.29, 0.717) is 13.0 Å². The molecule has 0 saturated carbocycles. The molecule has 4 atom stereocenters. The highest BCUT2D eigenvalue weighted by Gasteiger charge is 2.51. The number of halogens is 1. The predicted molar refractivity (Wildman–Crippen MR) is 106 cm³/mol. The van der Waals surface area contributed by atoms with Gasteiger partial charge >= 0.3 is 12.1 Å². The Balaban J connectivity index is 1.64. The van der Waals surface area contributed by atoms with Gasteiger partial charge in [-0.3, -0.25) is 9.69 Å². The van der Waals surface area contributed by atoms with Crippen LogP contribution in [0.5, 0.6) is 0 Å². The Morgan fingerprint density at radius 2 is 1.93 bits per heavy atom. The molecule has 0 aliphatic carbocycles. The summed E-state index contributed by atoms with van der Waals surface area (Å²) in [5.74, 6) is -1.60. The van der Waals surface area contributed by atoms with E-state index in [9.17, 15) is 23.9 Å². The van der Waals surface area contributed by atoms with Gasteiger partial charge in [0.2, 0.25) is 5.91 Å². The van der Waals surface area contributed by atoms with E-state index in [1.165, 1.54) is 12.1 Å². The van der Waals surface area contributed by atoms with Crippen molar-refractivity contribution in [3.8, 4) is 0 Å². The third kappa shape index (κ3) is 4.72. The zero-order chi connectivity index (χ0) is 22.2. The summed E-state index contributed by atoms with van der Waals surface area (Å²) in [5.41, 5.74) is 0.103. The molecular formula is C21H28FN3O5. The minimum atomic E-state index is -1.19. The molecule has 0 aromatic heterocycles. The first kappa shape index (κ1) is 22.0. The van der Waals surface area contributed by atoms with Crippen molar-refractivity contribution in [1.82, 2.24) is 15.1 Å². The van der Waals surface area contributed by atoms with Gasteiger partial charge in [-0.2, -0.15) is 0 Å². The number of carbonyl (C=O) groups is 3. The summed E-state index contributed by atoms with van der Waals surface area (Å²) in [6, 6.07) is 4.21. The zero-order valence-electron chi connectivity index (χ0n) is 17.6. The second kappa shape index (κ2) is 8.22. The number of benzene rings is 1. The lowest BCUT2D eigenvalue weighted by Crippen LogP contribution is -2.56. The number of aliphatic carboxylic acids is 1. The van der Waals surface area contributed by atoms with Gasteiger partial charge < -0.3 is 20.1 Å². The number of ether oxygens (including phenoxy) is 1. The number of piperazine rings is 1. The first-order valence-electron chi connectivity index (χ1n) is 10.0. The Bertz CT molecular complexity index is 823. The van der Waals surface area contributed by atoms with Crippen molar-refractivity contribution in [3.63, 3.8) is 0 Å². The number of hydrogen-bond donors (Lipinski definition) is 2. The molecule has 2 fully saturated rings. The van der Waals surface area contributed by atoms with Crippen molar-refractivity contribution >= 4 is 18.0 Å². The van der Waals surface area contributed by atoms with Crippen molar-refractivity contribution in [1.29, 1.82) is 0 Å². The van der Waals surface area contributed by atoms with E-state index in [2.05, 4.69) is 5.32 Å². The molecule has 2 heterocycles. The van der Waals surface area contributed by atoms with Crippen molar-refractivity contribution in [2.45, 2.75) is 63.9 Å². The maximum atomic E-state index is 13.2. The van der Waals surface area contributed by atoms with E-state index in [-0.39, 0.29) is 30.4 Å². The lowest BCUT2D eigenvalue weighted by atomic mass is 10.1. The molecule has 9 heteroatoms. The average Bonchev–Trinajstić information content (AvgIpc) is 3.17. The van der Waals surface area contributed by atoms with E-state index in [0.717, 1.165) is 5.56 Å². The van der Waals surface area contributed by atoms with Crippen molar-refractivity contribution in [2.24, 2.45) is 0 Å². The van der Waals surface area contributed by atoms with Crippen LogP contribution in [0, 0.1) is 5.82 Å². The van der Waals surface area contributed by atoms with Crippen LogP contribution in [0.1, 0.15) is 45.7 Å². The average molecular weight is 421 g/mol. The topological polar surface area (TPSA) is 99.2 Å². The zero-order valence-corrected chi connectivity index (χ0v) is 17.6. The summed E-state index contributed by atoms with van der Waals surface area (Å²) >= 11 is 0. The van der Waals surface area contributed by atoms with E-state index < -0.39 is 29.7 Å².